The summed E-state index contributed by atoms with van der Waals surface area (Å²) in [6.45, 7) is 1.44. The number of halogens is 1. The molecule has 1 aromatic rings. The van der Waals surface area contributed by atoms with Gasteiger partial charge in [0.15, 0.2) is 11.5 Å². The number of rotatable bonds is 5. The van der Waals surface area contributed by atoms with Gasteiger partial charge in [-0.1, -0.05) is 0 Å². The lowest BCUT2D eigenvalue weighted by Gasteiger charge is -2.15. The van der Waals surface area contributed by atoms with Gasteiger partial charge in [0.25, 0.3) is 0 Å². The summed E-state index contributed by atoms with van der Waals surface area (Å²) < 4.78 is 23.6. The molecule has 1 aromatic carbocycles. The van der Waals surface area contributed by atoms with Gasteiger partial charge in [0.2, 0.25) is 0 Å². The molecule has 90 valence electrons. The number of alkyl halides is 1. The number of ether oxygens (including phenoxy) is 2. The first kappa shape index (κ1) is 12.8. The van der Waals surface area contributed by atoms with Crippen molar-refractivity contribution in [1.29, 1.82) is 0 Å². The first-order valence-electron chi connectivity index (χ1n) is 5.13. The van der Waals surface area contributed by atoms with E-state index in [2.05, 4.69) is 0 Å². The fourth-order valence-corrected chi connectivity index (χ4v) is 1.64. The second kappa shape index (κ2) is 5.70. The van der Waals surface area contributed by atoms with Gasteiger partial charge in [-0.2, -0.15) is 0 Å². The summed E-state index contributed by atoms with van der Waals surface area (Å²) >= 11 is 0. The van der Waals surface area contributed by atoms with Crippen molar-refractivity contribution in [1.82, 2.24) is 0 Å². The molecule has 0 amide bonds. The molecule has 0 aliphatic heterocycles. The predicted octanol–water partition coefficient (Wildman–Crippen LogP) is 2.27. The highest BCUT2D eigenvalue weighted by Gasteiger charge is 2.14. The van der Waals surface area contributed by atoms with E-state index >= 15 is 0 Å². The van der Waals surface area contributed by atoms with Crippen LogP contribution in [0.2, 0.25) is 0 Å². The lowest BCUT2D eigenvalue weighted by Crippen LogP contribution is -2.01. The molecule has 0 heterocycles. The molecule has 16 heavy (non-hydrogen) atoms. The molecule has 0 aliphatic rings. The maximum absolute atomic E-state index is 13.4. The van der Waals surface area contributed by atoms with Crippen LogP contribution in [0.5, 0.6) is 11.5 Å². The third kappa shape index (κ3) is 2.64. The number of aliphatic hydroxyl groups excluding tert-OH is 1. The summed E-state index contributed by atoms with van der Waals surface area (Å²) in [4.78, 5) is 0. The van der Waals surface area contributed by atoms with Crippen LogP contribution >= 0.6 is 0 Å². The van der Waals surface area contributed by atoms with E-state index in [0.29, 0.717) is 23.5 Å². The van der Waals surface area contributed by atoms with E-state index in [1.165, 1.54) is 21.1 Å². The van der Waals surface area contributed by atoms with Crippen molar-refractivity contribution in [2.24, 2.45) is 0 Å². The Kier molecular flexibility index (Phi) is 4.55. The molecule has 1 N–H and O–H groups in total. The van der Waals surface area contributed by atoms with E-state index in [0.717, 1.165) is 5.56 Å². The fraction of sp³-hybridized carbons (Fsp3) is 0.500. The lowest BCUT2D eigenvalue weighted by atomic mass is 10.0. The van der Waals surface area contributed by atoms with Crippen molar-refractivity contribution in [3.63, 3.8) is 0 Å². The van der Waals surface area contributed by atoms with Crippen LogP contribution in [-0.4, -0.2) is 25.9 Å². The standard InChI is InChI=1S/C12H17FO3/c1-8(13)10-7-12(16-3)11(15-2)6-9(10)4-5-14/h6-8,14H,4-5H2,1-3H3. The van der Waals surface area contributed by atoms with E-state index in [9.17, 15) is 4.39 Å². The quantitative estimate of drug-likeness (QED) is 0.840. The Hall–Kier alpha value is -1.29. The fourth-order valence-electron chi connectivity index (χ4n) is 1.64. The molecule has 1 unspecified atom stereocenters. The SMILES string of the molecule is COc1cc(CCO)c(C(C)F)cc1OC. The van der Waals surface area contributed by atoms with Gasteiger partial charge < -0.3 is 14.6 Å². The first-order valence-corrected chi connectivity index (χ1v) is 5.13. The number of benzene rings is 1. The summed E-state index contributed by atoms with van der Waals surface area (Å²) in [7, 11) is 3.04. The van der Waals surface area contributed by atoms with Crippen LogP contribution in [0.15, 0.2) is 12.1 Å². The molecule has 0 saturated heterocycles. The van der Waals surface area contributed by atoms with E-state index in [-0.39, 0.29) is 6.61 Å². The topological polar surface area (TPSA) is 38.7 Å². The zero-order valence-corrected chi connectivity index (χ0v) is 9.79. The Morgan fingerprint density at radius 3 is 2.25 bits per heavy atom. The van der Waals surface area contributed by atoms with Crippen LogP contribution in [0.3, 0.4) is 0 Å². The molecule has 1 rings (SSSR count). The molecule has 0 radical (unpaired) electrons. The number of hydrogen-bond acceptors (Lipinski definition) is 3. The number of hydrogen-bond donors (Lipinski definition) is 1. The molecular formula is C12H17FO3. The van der Waals surface area contributed by atoms with Gasteiger partial charge in [-0.15, -0.1) is 0 Å². The molecule has 0 saturated carbocycles. The Balaban J connectivity index is 3.23. The average molecular weight is 228 g/mol. The second-order valence-corrected chi connectivity index (χ2v) is 3.50. The minimum atomic E-state index is -1.10. The zero-order chi connectivity index (χ0) is 12.1. The number of methoxy groups -OCH3 is 2. The van der Waals surface area contributed by atoms with Crippen molar-refractivity contribution >= 4 is 0 Å². The van der Waals surface area contributed by atoms with Crippen LogP contribution < -0.4 is 9.47 Å². The van der Waals surface area contributed by atoms with Crippen LogP contribution in [0.25, 0.3) is 0 Å². The molecule has 0 aliphatic carbocycles. The lowest BCUT2D eigenvalue weighted by molar-refractivity contribution is 0.296. The minimum Gasteiger partial charge on any atom is -0.493 e. The summed E-state index contributed by atoms with van der Waals surface area (Å²) in [6.07, 6.45) is -0.689. The molecule has 0 bridgehead atoms. The molecule has 4 heteroatoms. The van der Waals surface area contributed by atoms with Gasteiger partial charge in [0.1, 0.15) is 6.17 Å². The third-order valence-electron chi connectivity index (χ3n) is 2.46. The first-order chi connectivity index (χ1) is 7.63. The van der Waals surface area contributed by atoms with Crippen molar-refractivity contribution in [3.05, 3.63) is 23.3 Å². The highest BCUT2D eigenvalue weighted by molar-refractivity contribution is 5.48. The van der Waals surface area contributed by atoms with Crippen molar-refractivity contribution in [2.75, 3.05) is 20.8 Å². The summed E-state index contributed by atoms with van der Waals surface area (Å²) in [5, 5.41) is 8.92. The van der Waals surface area contributed by atoms with Crippen LogP contribution in [0, 0.1) is 0 Å². The van der Waals surface area contributed by atoms with Gasteiger partial charge in [0.05, 0.1) is 14.2 Å². The zero-order valence-electron chi connectivity index (χ0n) is 9.79. The monoisotopic (exact) mass is 228 g/mol. The Bertz CT molecular complexity index is 350. The second-order valence-electron chi connectivity index (χ2n) is 3.50. The summed E-state index contributed by atoms with van der Waals surface area (Å²) in [6, 6.07) is 3.33. The molecule has 0 fully saturated rings. The van der Waals surface area contributed by atoms with Gasteiger partial charge in [-0.3, -0.25) is 0 Å². The van der Waals surface area contributed by atoms with Crippen LogP contribution in [0.4, 0.5) is 4.39 Å². The highest BCUT2D eigenvalue weighted by Crippen LogP contribution is 2.34. The number of aliphatic hydroxyl groups is 1. The Labute approximate surface area is 94.8 Å². The summed E-state index contributed by atoms with van der Waals surface area (Å²) in [5.41, 5.74) is 1.28. The predicted molar refractivity (Wildman–Crippen MR) is 59.9 cm³/mol. The van der Waals surface area contributed by atoms with E-state index < -0.39 is 6.17 Å². The summed E-state index contributed by atoms with van der Waals surface area (Å²) in [5.74, 6) is 1.05. The largest absolute Gasteiger partial charge is 0.493 e. The maximum atomic E-state index is 13.4. The van der Waals surface area contributed by atoms with E-state index in [4.69, 9.17) is 14.6 Å². The molecule has 0 spiro atoms. The minimum absolute atomic E-state index is 0.0186. The van der Waals surface area contributed by atoms with Crippen molar-refractivity contribution in [2.45, 2.75) is 19.5 Å². The van der Waals surface area contributed by atoms with Crippen LogP contribution in [0.1, 0.15) is 24.2 Å². The molecule has 0 aromatic heterocycles. The highest BCUT2D eigenvalue weighted by atomic mass is 19.1. The van der Waals surface area contributed by atoms with Gasteiger partial charge in [-0.05, 0) is 36.6 Å². The molecule has 3 nitrogen and oxygen atoms in total. The van der Waals surface area contributed by atoms with Gasteiger partial charge in [0, 0.05) is 6.61 Å². The van der Waals surface area contributed by atoms with E-state index in [1.54, 1.807) is 12.1 Å². The Morgan fingerprint density at radius 1 is 1.25 bits per heavy atom. The third-order valence-corrected chi connectivity index (χ3v) is 2.46. The smallest absolute Gasteiger partial charge is 0.161 e. The normalized spacial score (nSPS) is 12.3. The van der Waals surface area contributed by atoms with Crippen molar-refractivity contribution < 1.29 is 19.0 Å². The average Bonchev–Trinajstić information content (AvgIpc) is 2.28. The maximum Gasteiger partial charge on any atom is 0.161 e. The van der Waals surface area contributed by atoms with Crippen molar-refractivity contribution in [3.8, 4) is 11.5 Å². The van der Waals surface area contributed by atoms with Gasteiger partial charge in [-0.25, -0.2) is 4.39 Å². The van der Waals surface area contributed by atoms with Gasteiger partial charge >= 0.3 is 0 Å². The molecular weight excluding hydrogens is 211 g/mol. The van der Waals surface area contributed by atoms with Crippen LogP contribution in [-0.2, 0) is 6.42 Å². The molecule has 1 atom stereocenters. The van der Waals surface area contributed by atoms with E-state index in [1.807, 2.05) is 0 Å². The Morgan fingerprint density at radius 2 is 1.81 bits per heavy atom.